The Labute approximate surface area is 107 Å². The van der Waals surface area contributed by atoms with Crippen LogP contribution in [0, 0.1) is 11.7 Å². The molecule has 1 rings (SSSR count). The summed E-state index contributed by atoms with van der Waals surface area (Å²) < 4.78 is 13.8. The number of nitrogens with one attached hydrogen (secondary N) is 2. The van der Waals surface area contributed by atoms with Gasteiger partial charge in [0.1, 0.15) is 0 Å². The summed E-state index contributed by atoms with van der Waals surface area (Å²) in [6, 6.07) is 1.39. The summed E-state index contributed by atoms with van der Waals surface area (Å²) in [5, 5.41) is 5.37. The van der Waals surface area contributed by atoms with Gasteiger partial charge in [-0.25, -0.2) is 9.37 Å². The van der Waals surface area contributed by atoms with E-state index >= 15 is 0 Å². The second-order valence-corrected chi connectivity index (χ2v) is 4.16. The van der Waals surface area contributed by atoms with Gasteiger partial charge < -0.3 is 10.6 Å². The predicted molar refractivity (Wildman–Crippen MR) is 70.1 cm³/mol. The number of aromatic nitrogens is 1. The van der Waals surface area contributed by atoms with Crippen molar-refractivity contribution in [2.24, 2.45) is 5.92 Å². The lowest BCUT2D eigenvalue weighted by molar-refractivity contribution is 0.0942. The Kier molecular flexibility index (Phi) is 5.55. The number of rotatable bonds is 6. The summed E-state index contributed by atoms with van der Waals surface area (Å²) in [7, 11) is 1.57. The Balaban J connectivity index is 2.73. The van der Waals surface area contributed by atoms with Gasteiger partial charge in [0.25, 0.3) is 5.91 Å². The number of pyridine rings is 1. The van der Waals surface area contributed by atoms with Gasteiger partial charge in [-0.05, 0) is 12.0 Å². The van der Waals surface area contributed by atoms with Crippen molar-refractivity contribution in [3.05, 3.63) is 23.6 Å². The Morgan fingerprint density at radius 2 is 2.11 bits per heavy atom. The molecule has 1 amide bonds. The number of hydrogen-bond acceptors (Lipinski definition) is 3. The van der Waals surface area contributed by atoms with E-state index in [9.17, 15) is 9.18 Å². The first-order valence-electron chi connectivity index (χ1n) is 6.24. The molecular formula is C13H20FN3O. The number of anilines is 1. The maximum absolute atomic E-state index is 13.8. The minimum Gasteiger partial charge on any atom is -0.371 e. The molecule has 0 aromatic carbocycles. The lowest BCUT2D eigenvalue weighted by Gasteiger charge is -2.13. The highest BCUT2D eigenvalue weighted by molar-refractivity contribution is 5.95. The molecule has 18 heavy (non-hydrogen) atoms. The number of carbonyl (C=O) groups is 1. The molecule has 0 saturated heterocycles. The van der Waals surface area contributed by atoms with Crippen LogP contribution in [0.1, 0.15) is 37.0 Å². The Morgan fingerprint density at radius 3 is 2.67 bits per heavy atom. The van der Waals surface area contributed by atoms with E-state index in [0.717, 1.165) is 12.8 Å². The van der Waals surface area contributed by atoms with Gasteiger partial charge >= 0.3 is 0 Å². The van der Waals surface area contributed by atoms with Crippen LogP contribution in [0.25, 0.3) is 0 Å². The first kappa shape index (κ1) is 14.4. The molecule has 4 nitrogen and oxygen atoms in total. The summed E-state index contributed by atoms with van der Waals surface area (Å²) in [4.78, 5) is 15.7. The highest BCUT2D eigenvalue weighted by Crippen LogP contribution is 2.14. The second kappa shape index (κ2) is 6.93. The Morgan fingerprint density at radius 1 is 1.44 bits per heavy atom. The molecule has 5 heteroatoms. The van der Waals surface area contributed by atoms with Crippen molar-refractivity contribution in [2.75, 3.05) is 18.9 Å². The van der Waals surface area contributed by atoms with E-state index in [1.165, 1.54) is 12.3 Å². The zero-order chi connectivity index (χ0) is 13.5. The van der Waals surface area contributed by atoms with Crippen LogP contribution in [0.5, 0.6) is 0 Å². The minimum atomic E-state index is -0.609. The third-order valence-corrected chi connectivity index (χ3v) is 3.08. The maximum Gasteiger partial charge on any atom is 0.254 e. The molecule has 0 bridgehead atoms. The van der Waals surface area contributed by atoms with Crippen LogP contribution < -0.4 is 10.6 Å². The van der Waals surface area contributed by atoms with Crippen LogP contribution in [-0.4, -0.2) is 24.5 Å². The van der Waals surface area contributed by atoms with Crippen LogP contribution in [0.3, 0.4) is 0 Å². The van der Waals surface area contributed by atoms with Gasteiger partial charge in [-0.3, -0.25) is 4.79 Å². The van der Waals surface area contributed by atoms with Gasteiger partial charge in [-0.15, -0.1) is 0 Å². The number of carbonyl (C=O) groups excluding carboxylic acids is 1. The van der Waals surface area contributed by atoms with E-state index in [4.69, 9.17) is 0 Å². The monoisotopic (exact) mass is 253 g/mol. The van der Waals surface area contributed by atoms with Crippen molar-refractivity contribution in [1.82, 2.24) is 10.3 Å². The summed E-state index contributed by atoms with van der Waals surface area (Å²) in [6.45, 7) is 4.72. The largest absolute Gasteiger partial charge is 0.371 e. The summed E-state index contributed by atoms with van der Waals surface area (Å²) in [6.07, 6.45) is 3.41. The molecule has 1 heterocycles. The molecule has 100 valence electrons. The first-order chi connectivity index (χ1) is 8.63. The lowest BCUT2D eigenvalue weighted by atomic mass is 10.0. The normalized spacial score (nSPS) is 10.5. The maximum atomic E-state index is 13.8. The predicted octanol–water partition coefficient (Wildman–Crippen LogP) is 2.43. The molecule has 0 saturated carbocycles. The number of nitrogens with zero attached hydrogens (tertiary/aromatic N) is 1. The minimum absolute atomic E-state index is 0.0281. The molecule has 0 aliphatic rings. The molecule has 0 aliphatic carbocycles. The molecule has 2 N–H and O–H groups in total. The molecule has 0 atom stereocenters. The highest BCUT2D eigenvalue weighted by Gasteiger charge is 2.16. The van der Waals surface area contributed by atoms with Gasteiger partial charge in [0, 0.05) is 19.8 Å². The van der Waals surface area contributed by atoms with Crippen LogP contribution in [0.2, 0.25) is 0 Å². The van der Waals surface area contributed by atoms with Crippen LogP contribution in [0.15, 0.2) is 12.3 Å². The second-order valence-electron chi connectivity index (χ2n) is 4.16. The van der Waals surface area contributed by atoms with Crippen LogP contribution in [-0.2, 0) is 0 Å². The topological polar surface area (TPSA) is 54.0 Å². The fourth-order valence-electron chi connectivity index (χ4n) is 1.70. The molecule has 1 aromatic rings. The molecular weight excluding hydrogens is 233 g/mol. The van der Waals surface area contributed by atoms with Gasteiger partial charge in [-0.2, -0.15) is 0 Å². The molecule has 0 aliphatic heterocycles. The van der Waals surface area contributed by atoms with E-state index in [1.807, 2.05) is 0 Å². The van der Waals surface area contributed by atoms with Crippen molar-refractivity contribution in [3.63, 3.8) is 0 Å². The SMILES string of the molecule is CCC(CC)CNC(=O)c1ccnc(NC)c1F. The summed E-state index contributed by atoms with van der Waals surface area (Å²) in [5.41, 5.74) is 0.0281. The third kappa shape index (κ3) is 3.42. The number of halogens is 1. The molecule has 0 radical (unpaired) electrons. The van der Waals surface area contributed by atoms with Crippen LogP contribution >= 0.6 is 0 Å². The van der Waals surface area contributed by atoms with E-state index in [2.05, 4.69) is 29.5 Å². The quantitative estimate of drug-likeness (QED) is 0.818. The van der Waals surface area contributed by atoms with Gasteiger partial charge in [0.05, 0.1) is 5.56 Å². The zero-order valence-corrected chi connectivity index (χ0v) is 11.1. The standard InChI is InChI=1S/C13H20FN3O/c1-4-9(5-2)8-17-13(18)10-6-7-16-12(15-3)11(10)14/h6-7,9H,4-5,8H2,1-3H3,(H,15,16)(H,17,18). The highest BCUT2D eigenvalue weighted by atomic mass is 19.1. The van der Waals surface area contributed by atoms with Gasteiger partial charge in [-0.1, -0.05) is 26.7 Å². The third-order valence-electron chi connectivity index (χ3n) is 3.08. The lowest BCUT2D eigenvalue weighted by Crippen LogP contribution is -2.29. The summed E-state index contributed by atoms with van der Waals surface area (Å²) in [5.74, 6) is -0.479. The first-order valence-corrected chi connectivity index (χ1v) is 6.24. The van der Waals surface area contributed by atoms with E-state index < -0.39 is 11.7 Å². The number of amides is 1. The molecule has 0 fully saturated rings. The van der Waals surface area contributed by atoms with Gasteiger partial charge in [0.15, 0.2) is 11.6 Å². The Bertz CT molecular complexity index is 405. The average molecular weight is 253 g/mol. The molecule has 0 unspecified atom stereocenters. The van der Waals surface area contributed by atoms with Crippen molar-refractivity contribution < 1.29 is 9.18 Å². The van der Waals surface area contributed by atoms with E-state index in [1.54, 1.807) is 7.05 Å². The average Bonchev–Trinajstić information content (AvgIpc) is 2.40. The van der Waals surface area contributed by atoms with Gasteiger partial charge in [0.2, 0.25) is 0 Å². The van der Waals surface area contributed by atoms with Crippen molar-refractivity contribution in [1.29, 1.82) is 0 Å². The number of hydrogen-bond donors (Lipinski definition) is 2. The van der Waals surface area contributed by atoms with Crippen LogP contribution in [0.4, 0.5) is 10.2 Å². The fourth-order valence-corrected chi connectivity index (χ4v) is 1.70. The molecule has 0 spiro atoms. The van der Waals surface area contributed by atoms with E-state index in [-0.39, 0.29) is 11.4 Å². The Hall–Kier alpha value is -1.65. The van der Waals surface area contributed by atoms with E-state index in [0.29, 0.717) is 12.5 Å². The summed E-state index contributed by atoms with van der Waals surface area (Å²) >= 11 is 0. The zero-order valence-electron chi connectivity index (χ0n) is 11.1. The van der Waals surface area contributed by atoms with Crippen molar-refractivity contribution in [2.45, 2.75) is 26.7 Å². The smallest absolute Gasteiger partial charge is 0.254 e. The fraction of sp³-hybridized carbons (Fsp3) is 0.538. The van der Waals surface area contributed by atoms with Crippen molar-refractivity contribution >= 4 is 11.7 Å². The van der Waals surface area contributed by atoms with Crippen molar-refractivity contribution in [3.8, 4) is 0 Å². The molecule has 1 aromatic heterocycles.